The number of hydrogen-bond donors (Lipinski definition) is 1. The molecule has 4 rings (SSSR count). The third-order valence-electron chi connectivity index (χ3n) is 4.28. The summed E-state index contributed by atoms with van der Waals surface area (Å²) in [5, 5.41) is 7.25. The molecule has 3 aromatic heterocycles. The summed E-state index contributed by atoms with van der Waals surface area (Å²) in [4.78, 5) is 32.6. The van der Waals surface area contributed by atoms with Gasteiger partial charge in [-0.3, -0.25) is 9.78 Å². The van der Waals surface area contributed by atoms with Gasteiger partial charge in [0.1, 0.15) is 11.5 Å². The van der Waals surface area contributed by atoms with Crippen LogP contribution in [0.15, 0.2) is 60.8 Å². The molecule has 0 aliphatic heterocycles. The zero-order valence-electron chi connectivity index (χ0n) is 15.8. The Kier molecular flexibility index (Phi) is 4.74. The molecule has 0 saturated heterocycles. The summed E-state index contributed by atoms with van der Waals surface area (Å²) in [6.45, 7) is 1.88. The third-order valence-corrected chi connectivity index (χ3v) is 4.28. The standard InChI is InChI=1S/C21H17N5O3/c1-13-10-19-23-18(11-17(26(19)25-13)14-6-4-3-5-7-14)24-20(27)16-9-8-15(12-22-16)21(28)29-2/h3-12H,1-2H3,(H,23,24,27). The van der Waals surface area contributed by atoms with Crippen molar-refractivity contribution in [1.29, 1.82) is 0 Å². The van der Waals surface area contributed by atoms with Crippen molar-refractivity contribution in [2.75, 3.05) is 12.4 Å². The highest BCUT2D eigenvalue weighted by Crippen LogP contribution is 2.23. The first-order valence-corrected chi connectivity index (χ1v) is 8.84. The molecule has 144 valence electrons. The molecule has 0 aliphatic rings. The molecule has 0 atom stereocenters. The van der Waals surface area contributed by atoms with Gasteiger partial charge in [0.25, 0.3) is 5.91 Å². The van der Waals surface area contributed by atoms with Gasteiger partial charge in [-0.15, -0.1) is 0 Å². The first-order valence-electron chi connectivity index (χ1n) is 8.84. The minimum absolute atomic E-state index is 0.158. The van der Waals surface area contributed by atoms with Crippen molar-refractivity contribution >= 4 is 23.3 Å². The summed E-state index contributed by atoms with van der Waals surface area (Å²) in [6, 6.07) is 16.3. The number of ether oxygens (including phenoxy) is 1. The van der Waals surface area contributed by atoms with Gasteiger partial charge in [0.05, 0.1) is 24.1 Å². The predicted octanol–water partition coefficient (Wildman–Crippen LogP) is 3.14. The van der Waals surface area contributed by atoms with Gasteiger partial charge in [-0.1, -0.05) is 30.3 Å². The van der Waals surface area contributed by atoms with Crippen molar-refractivity contribution in [3.8, 4) is 11.3 Å². The summed E-state index contributed by atoms with van der Waals surface area (Å²) in [7, 11) is 1.28. The highest BCUT2D eigenvalue weighted by molar-refractivity contribution is 6.03. The van der Waals surface area contributed by atoms with Gasteiger partial charge >= 0.3 is 5.97 Å². The number of aryl methyl sites for hydroxylation is 1. The molecule has 0 saturated carbocycles. The van der Waals surface area contributed by atoms with E-state index in [1.807, 2.05) is 43.3 Å². The number of nitrogens with one attached hydrogen (secondary N) is 1. The molecule has 1 amide bonds. The monoisotopic (exact) mass is 387 g/mol. The third kappa shape index (κ3) is 3.68. The molecular weight excluding hydrogens is 370 g/mol. The molecule has 0 aliphatic carbocycles. The van der Waals surface area contributed by atoms with Gasteiger partial charge in [-0.25, -0.2) is 14.3 Å². The zero-order chi connectivity index (χ0) is 20.4. The number of amides is 1. The van der Waals surface area contributed by atoms with E-state index in [0.29, 0.717) is 11.5 Å². The van der Waals surface area contributed by atoms with Crippen molar-refractivity contribution in [3.05, 3.63) is 77.7 Å². The summed E-state index contributed by atoms with van der Waals surface area (Å²) >= 11 is 0. The second kappa shape index (κ2) is 7.51. The van der Waals surface area contributed by atoms with Gasteiger partial charge in [-0.2, -0.15) is 5.10 Å². The Morgan fingerprint density at radius 1 is 1.07 bits per heavy atom. The van der Waals surface area contributed by atoms with Gasteiger partial charge in [-0.05, 0) is 19.1 Å². The fraction of sp³-hybridized carbons (Fsp3) is 0.0952. The molecular formula is C21H17N5O3. The lowest BCUT2D eigenvalue weighted by molar-refractivity contribution is 0.0600. The number of nitrogens with zero attached hydrogens (tertiary/aromatic N) is 4. The maximum Gasteiger partial charge on any atom is 0.339 e. The van der Waals surface area contributed by atoms with Gasteiger partial charge < -0.3 is 10.1 Å². The molecule has 1 N–H and O–H groups in total. The lowest BCUT2D eigenvalue weighted by Crippen LogP contribution is -2.16. The van der Waals surface area contributed by atoms with Gasteiger partial charge in [0, 0.05) is 23.9 Å². The Balaban J connectivity index is 1.67. The van der Waals surface area contributed by atoms with Crippen LogP contribution in [0.4, 0.5) is 5.82 Å². The van der Waals surface area contributed by atoms with Crippen molar-refractivity contribution < 1.29 is 14.3 Å². The summed E-state index contributed by atoms with van der Waals surface area (Å²) in [6.07, 6.45) is 1.30. The van der Waals surface area contributed by atoms with E-state index in [1.165, 1.54) is 25.4 Å². The van der Waals surface area contributed by atoms with Crippen LogP contribution in [-0.4, -0.2) is 38.6 Å². The van der Waals surface area contributed by atoms with Crippen molar-refractivity contribution in [1.82, 2.24) is 19.6 Å². The number of carbonyl (C=O) groups is 2. The van der Waals surface area contributed by atoms with Crippen LogP contribution in [0.1, 0.15) is 26.5 Å². The van der Waals surface area contributed by atoms with E-state index < -0.39 is 11.9 Å². The minimum Gasteiger partial charge on any atom is -0.465 e. The molecule has 0 fully saturated rings. The van der Waals surface area contributed by atoms with E-state index in [9.17, 15) is 9.59 Å². The van der Waals surface area contributed by atoms with E-state index in [1.54, 1.807) is 10.6 Å². The average Bonchev–Trinajstić information content (AvgIpc) is 3.13. The first kappa shape index (κ1) is 18.3. The molecule has 1 aromatic carbocycles. The van der Waals surface area contributed by atoms with E-state index in [0.717, 1.165) is 17.0 Å². The quantitative estimate of drug-likeness (QED) is 0.540. The summed E-state index contributed by atoms with van der Waals surface area (Å²) < 4.78 is 6.37. The van der Waals surface area contributed by atoms with Crippen LogP contribution in [0.2, 0.25) is 0 Å². The first-order chi connectivity index (χ1) is 14.0. The number of esters is 1. The number of fused-ring (bicyclic) bond motifs is 1. The average molecular weight is 387 g/mol. The summed E-state index contributed by atoms with van der Waals surface area (Å²) in [5.74, 6) is -0.575. The van der Waals surface area contributed by atoms with Crippen molar-refractivity contribution in [3.63, 3.8) is 0 Å². The van der Waals surface area contributed by atoms with Crippen LogP contribution < -0.4 is 5.32 Å². The SMILES string of the molecule is COC(=O)c1ccc(C(=O)Nc2cc(-c3ccccc3)n3nc(C)cc3n2)nc1. The van der Waals surface area contributed by atoms with E-state index in [2.05, 4.69) is 25.1 Å². The van der Waals surface area contributed by atoms with Gasteiger partial charge in [0.15, 0.2) is 5.65 Å². The second-order valence-corrected chi connectivity index (χ2v) is 6.33. The number of pyridine rings is 1. The van der Waals surface area contributed by atoms with Crippen LogP contribution in [-0.2, 0) is 4.74 Å². The van der Waals surface area contributed by atoms with Gasteiger partial charge in [0.2, 0.25) is 0 Å². The van der Waals surface area contributed by atoms with E-state index in [-0.39, 0.29) is 11.3 Å². The number of methoxy groups -OCH3 is 1. The number of hydrogen-bond acceptors (Lipinski definition) is 6. The molecule has 8 nitrogen and oxygen atoms in total. The summed E-state index contributed by atoms with van der Waals surface area (Å²) in [5.41, 5.74) is 3.60. The molecule has 4 aromatic rings. The smallest absolute Gasteiger partial charge is 0.339 e. The molecule has 0 radical (unpaired) electrons. The Bertz CT molecular complexity index is 1200. The van der Waals surface area contributed by atoms with Crippen molar-refractivity contribution in [2.45, 2.75) is 6.92 Å². The molecule has 0 spiro atoms. The predicted molar refractivity (Wildman–Crippen MR) is 107 cm³/mol. The second-order valence-electron chi connectivity index (χ2n) is 6.33. The van der Waals surface area contributed by atoms with Crippen LogP contribution in [0.25, 0.3) is 16.9 Å². The van der Waals surface area contributed by atoms with Crippen LogP contribution >= 0.6 is 0 Å². The Hall–Kier alpha value is -4.07. The van der Waals surface area contributed by atoms with Crippen LogP contribution in [0, 0.1) is 6.92 Å². The number of aromatic nitrogens is 4. The van der Waals surface area contributed by atoms with E-state index in [4.69, 9.17) is 0 Å². The number of benzene rings is 1. The molecule has 3 heterocycles. The van der Waals surface area contributed by atoms with Crippen LogP contribution in [0.5, 0.6) is 0 Å². The van der Waals surface area contributed by atoms with Crippen LogP contribution in [0.3, 0.4) is 0 Å². The highest BCUT2D eigenvalue weighted by atomic mass is 16.5. The maximum atomic E-state index is 12.6. The number of carbonyl (C=O) groups excluding carboxylic acids is 2. The van der Waals surface area contributed by atoms with E-state index >= 15 is 0 Å². The normalized spacial score (nSPS) is 10.7. The molecule has 8 heteroatoms. The molecule has 29 heavy (non-hydrogen) atoms. The highest BCUT2D eigenvalue weighted by Gasteiger charge is 2.14. The molecule has 0 unspecified atom stereocenters. The Morgan fingerprint density at radius 3 is 2.55 bits per heavy atom. The minimum atomic E-state index is -0.514. The topological polar surface area (TPSA) is 98.5 Å². The van der Waals surface area contributed by atoms with Crippen molar-refractivity contribution in [2.24, 2.45) is 0 Å². The zero-order valence-corrected chi connectivity index (χ0v) is 15.8. The Morgan fingerprint density at radius 2 is 1.86 bits per heavy atom. The number of anilines is 1. The Labute approximate surface area is 166 Å². The number of rotatable bonds is 4. The molecule has 0 bridgehead atoms. The fourth-order valence-electron chi connectivity index (χ4n) is 2.91. The largest absolute Gasteiger partial charge is 0.465 e. The lowest BCUT2D eigenvalue weighted by Gasteiger charge is -2.09. The maximum absolute atomic E-state index is 12.6. The lowest BCUT2D eigenvalue weighted by atomic mass is 10.1. The fourth-order valence-corrected chi connectivity index (χ4v) is 2.91.